The smallest absolute Gasteiger partial charge is 0.256 e. The van der Waals surface area contributed by atoms with Gasteiger partial charge in [-0.05, 0) is 31.0 Å². The van der Waals surface area contributed by atoms with Gasteiger partial charge in [0.2, 0.25) is 0 Å². The van der Waals surface area contributed by atoms with Crippen LogP contribution in [0.4, 0.5) is 5.69 Å². The van der Waals surface area contributed by atoms with E-state index >= 15 is 0 Å². The SMILES string of the molecule is CCN(CC(C)C)C(=O)c1cc(Cl)ccc1NC. The molecule has 0 aliphatic carbocycles. The molecule has 18 heavy (non-hydrogen) atoms. The molecule has 0 saturated heterocycles. The number of amides is 1. The van der Waals surface area contributed by atoms with Crippen molar-refractivity contribution in [3.05, 3.63) is 28.8 Å². The predicted molar refractivity (Wildman–Crippen MR) is 77.4 cm³/mol. The lowest BCUT2D eigenvalue weighted by molar-refractivity contribution is 0.0747. The van der Waals surface area contributed by atoms with E-state index in [9.17, 15) is 4.79 Å². The van der Waals surface area contributed by atoms with E-state index in [2.05, 4.69) is 19.2 Å². The summed E-state index contributed by atoms with van der Waals surface area (Å²) in [7, 11) is 1.80. The number of carbonyl (C=O) groups is 1. The molecule has 0 aliphatic rings. The molecule has 0 heterocycles. The van der Waals surface area contributed by atoms with Crippen LogP contribution in [0.2, 0.25) is 5.02 Å². The van der Waals surface area contributed by atoms with Crippen molar-refractivity contribution in [1.82, 2.24) is 4.90 Å². The van der Waals surface area contributed by atoms with E-state index < -0.39 is 0 Å². The first-order valence-electron chi connectivity index (χ1n) is 6.26. The van der Waals surface area contributed by atoms with Gasteiger partial charge in [-0.2, -0.15) is 0 Å². The number of rotatable bonds is 5. The summed E-state index contributed by atoms with van der Waals surface area (Å²) < 4.78 is 0. The molecule has 0 radical (unpaired) electrons. The fourth-order valence-corrected chi connectivity index (χ4v) is 2.05. The molecule has 0 fully saturated rings. The number of anilines is 1. The Labute approximate surface area is 114 Å². The van der Waals surface area contributed by atoms with Crippen molar-refractivity contribution in [1.29, 1.82) is 0 Å². The van der Waals surface area contributed by atoms with Crippen molar-refractivity contribution in [3.8, 4) is 0 Å². The summed E-state index contributed by atoms with van der Waals surface area (Å²) in [4.78, 5) is 14.3. The quantitative estimate of drug-likeness (QED) is 0.886. The van der Waals surface area contributed by atoms with Crippen molar-refractivity contribution in [2.75, 3.05) is 25.5 Å². The number of halogens is 1. The number of nitrogens with one attached hydrogen (secondary N) is 1. The van der Waals surface area contributed by atoms with E-state index in [1.807, 2.05) is 17.9 Å². The molecule has 3 nitrogen and oxygen atoms in total. The Kier molecular flexibility index (Phi) is 5.48. The Morgan fingerprint density at radius 2 is 2.11 bits per heavy atom. The zero-order valence-electron chi connectivity index (χ0n) is 11.5. The third kappa shape index (κ3) is 3.64. The zero-order chi connectivity index (χ0) is 13.7. The monoisotopic (exact) mass is 268 g/mol. The van der Waals surface area contributed by atoms with Gasteiger partial charge in [-0.15, -0.1) is 0 Å². The second kappa shape index (κ2) is 6.64. The van der Waals surface area contributed by atoms with Crippen LogP contribution in [0, 0.1) is 5.92 Å². The summed E-state index contributed by atoms with van der Waals surface area (Å²) in [6.45, 7) is 7.65. The molecule has 0 aliphatic heterocycles. The van der Waals surface area contributed by atoms with Crippen LogP contribution in [-0.4, -0.2) is 30.9 Å². The average Bonchev–Trinajstić information content (AvgIpc) is 2.34. The molecule has 1 aromatic rings. The highest BCUT2D eigenvalue weighted by atomic mass is 35.5. The van der Waals surface area contributed by atoms with Crippen LogP contribution >= 0.6 is 11.6 Å². The molecule has 1 rings (SSSR count). The van der Waals surface area contributed by atoms with Crippen molar-refractivity contribution < 1.29 is 4.79 Å². The van der Waals surface area contributed by atoms with Gasteiger partial charge in [0.05, 0.1) is 5.56 Å². The maximum atomic E-state index is 12.5. The number of benzene rings is 1. The van der Waals surface area contributed by atoms with Gasteiger partial charge in [0.25, 0.3) is 5.91 Å². The van der Waals surface area contributed by atoms with Gasteiger partial charge in [-0.25, -0.2) is 0 Å². The Morgan fingerprint density at radius 1 is 1.44 bits per heavy atom. The van der Waals surface area contributed by atoms with Gasteiger partial charge in [0.15, 0.2) is 0 Å². The first-order chi connectivity index (χ1) is 8.49. The second-order valence-electron chi connectivity index (χ2n) is 4.68. The summed E-state index contributed by atoms with van der Waals surface area (Å²) >= 11 is 5.97. The Morgan fingerprint density at radius 3 is 2.61 bits per heavy atom. The molecule has 0 spiro atoms. The third-order valence-corrected chi connectivity index (χ3v) is 2.97. The van der Waals surface area contributed by atoms with Gasteiger partial charge in [-0.1, -0.05) is 25.4 Å². The van der Waals surface area contributed by atoms with Crippen molar-refractivity contribution >= 4 is 23.2 Å². The Bertz CT molecular complexity index is 418. The van der Waals surface area contributed by atoms with Gasteiger partial charge >= 0.3 is 0 Å². The highest BCUT2D eigenvalue weighted by molar-refractivity contribution is 6.31. The lowest BCUT2D eigenvalue weighted by atomic mass is 10.1. The van der Waals surface area contributed by atoms with E-state index in [0.29, 0.717) is 23.0 Å². The summed E-state index contributed by atoms with van der Waals surface area (Å²) in [6, 6.07) is 5.33. The fourth-order valence-electron chi connectivity index (χ4n) is 1.88. The van der Waals surface area contributed by atoms with Gasteiger partial charge in [0.1, 0.15) is 0 Å². The Hall–Kier alpha value is -1.22. The molecule has 0 unspecified atom stereocenters. The minimum absolute atomic E-state index is 0.0260. The van der Waals surface area contributed by atoms with E-state index in [4.69, 9.17) is 11.6 Å². The minimum atomic E-state index is 0.0260. The Balaban J connectivity index is 3.04. The van der Waals surface area contributed by atoms with Crippen LogP contribution < -0.4 is 5.32 Å². The molecular formula is C14H21ClN2O. The van der Waals surface area contributed by atoms with Gasteiger partial charge < -0.3 is 10.2 Å². The van der Waals surface area contributed by atoms with Crippen LogP contribution in [0.3, 0.4) is 0 Å². The average molecular weight is 269 g/mol. The van der Waals surface area contributed by atoms with Crippen LogP contribution in [0.5, 0.6) is 0 Å². The number of hydrogen-bond acceptors (Lipinski definition) is 2. The number of nitrogens with zero attached hydrogens (tertiary/aromatic N) is 1. The van der Waals surface area contributed by atoms with Crippen LogP contribution in [0.15, 0.2) is 18.2 Å². The largest absolute Gasteiger partial charge is 0.387 e. The molecule has 1 amide bonds. The second-order valence-corrected chi connectivity index (χ2v) is 5.11. The summed E-state index contributed by atoms with van der Waals surface area (Å²) in [5, 5.41) is 3.61. The standard InChI is InChI=1S/C14H21ClN2O/c1-5-17(9-10(2)3)14(18)12-8-11(15)6-7-13(12)16-4/h6-8,10,16H,5,9H2,1-4H3. The maximum Gasteiger partial charge on any atom is 0.256 e. The molecule has 0 atom stereocenters. The van der Waals surface area contributed by atoms with E-state index in [1.54, 1.807) is 19.2 Å². The number of hydrogen-bond donors (Lipinski definition) is 1. The molecule has 1 N–H and O–H groups in total. The highest BCUT2D eigenvalue weighted by Gasteiger charge is 2.18. The van der Waals surface area contributed by atoms with E-state index in [1.165, 1.54) is 0 Å². The van der Waals surface area contributed by atoms with E-state index in [0.717, 1.165) is 12.2 Å². The van der Waals surface area contributed by atoms with Crippen LogP contribution in [0.25, 0.3) is 0 Å². The highest BCUT2D eigenvalue weighted by Crippen LogP contribution is 2.22. The molecule has 0 saturated carbocycles. The van der Waals surface area contributed by atoms with Crippen molar-refractivity contribution in [2.24, 2.45) is 5.92 Å². The summed E-state index contributed by atoms with van der Waals surface area (Å²) in [5.74, 6) is 0.476. The van der Waals surface area contributed by atoms with E-state index in [-0.39, 0.29) is 5.91 Å². The first kappa shape index (κ1) is 14.8. The zero-order valence-corrected chi connectivity index (χ0v) is 12.2. The van der Waals surface area contributed by atoms with Gasteiger partial charge in [0, 0.05) is 30.8 Å². The fraction of sp³-hybridized carbons (Fsp3) is 0.500. The topological polar surface area (TPSA) is 32.3 Å². The molecule has 100 valence electrons. The number of carbonyl (C=O) groups excluding carboxylic acids is 1. The lowest BCUT2D eigenvalue weighted by Crippen LogP contribution is -2.34. The van der Waals surface area contributed by atoms with Gasteiger partial charge in [-0.3, -0.25) is 4.79 Å². The van der Waals surface area contributed by atoms with Crippen molar-refractivity contribution in [3.63, 3.8) is 0 Å². The molecule has 0 aromatic heterocycles. The lowest BCUT2D eigenvalue weighted by Gasteiger charge is -2.24. The minimum Gasteiger partial charge on any atom is -0.387 e. The third-order valence-electron chi connectivity index (χ3n) is 2.74. The maximum absolute atomic E-state index is 12.5. The molecule has 1 aromatic carbocycles. The molecule has 0 bridgehead atoms. The predicted octanol–water partition coefficient (Wildman–Crippen LogP) is 3.50. The summed E-state index contributed by atoms with van der Waals surface area (Å²) in [6.07, 6.45) is 0. The summed E-state index contributed by atoms with van der Waals surface area (Å²) in [5.41, 5.74) is 1.44. The van der Waals surface area contributed by atoms with Crippen molar-refractivity contribution in [2.45, 2.75) is 20.8 Å². The molecular weight excluding hydrogens is 248 g/mol. The molecule has 4 heteroatoms. The van der Waals surface area contributed by atoms with Crippen LogP contribution in [-0.2, 0) is 0 Å². The van der Waals surface area contributed by atoms with Crippen LogP contribution in [0.1, 0.15) is 31.1 Å². The first-order valence-corrected chi connectivity index (χ1v) is 6.64. The normalized spacial score (nSPS) is 10.6.